The number of benzene rings is 1. The van der Waals surface area contributed by atoms with Crippen molar-refractivity contribution in [3.05, 3.63) is 61.8 Å². The number of nitro groups is 1. The molecule has 2 aromatic rings. The van der Waals surface area contributed by atoms with Gasteiger partial charge in [0.05, 0.1) is 11.1 Å². The number of hydrogen-bond donors (Lipinski definition) is 1. The first-order valence-electron chi connectivity index (χ1n) is 6.26. The van der Waals surface area contributed by atoms with Crippen molar-refractivity contribution < 1.29 is 9.72 Å². The van der Waals surface area contributed by atoms with Gasteiger partial charge in [0.2, 0.25) is 0 Å². The lowest BCUT2D eigenvalue weighted by atomic mass is 10.2. The molecule has 0 aliphatic rings. The SMILES string of the molecule is CCc1ccc(C=NNC(=O)c2cccc([N+](=O)[O-])c2)s1. The fourth-order valence-electron chi connectivity index (χ4n) is 1.63. The second-order valence-corrected chi connectivity index (χ2v) is 5.36. The lowest BCUT2D eigenvalue weighted by molar-refractivity contribution is -0.384. The molecule has 0 aliphatic carbocycles. The Kier molecular flexibility index (Phi) is 4.78. The van der Waals surface area contributed by atoms with Crippen LogP contribution in [0.25, 0.3) is 0 Å². The molecule has 0 saturated heterocycles. The van der Waals surface area contributed by atoms with E-state index < -0.39 is 10.8 Å². The molecule has 0 unspecified atom stereocenters. The summed E-state index contributed by atoms with van der Waals surface area (Å²) in [6, 6.07) is 9.44. The maximum Gasteiger partial charge on any atom is 0.271 e. The summed E-state index contributed by atoms with van der Waals surface area (Å²) in [6.07, 6.45) is 2.51. The normalized spacial score (nSPS) is 10.7. The van der Waals surface area contributed by atoms with Gasteiger partial charge in [0.1, 0.15) is 0 Å². The van der Waals surface area contributed by atoms with Gasteiger partial charge in [0, 0.05) is 27.5 Å². The van der Waals surface area contributed by atoms with Crippen molar-refractivity contribution in [1.29, 1.82) is 0 Å². The number of nitrogens with one attached hydrogen (secondary N) is 1. The molecule has 0 bridgehead atoms. The van der Waals surface area contributed by atoms with Crippen molar-refractivity contribution in [2.45, 2.75) is 13.3 Å². The predicted molar refractivity (Wildman–Crippen MR) is 81.9 cm³/mol. The maximum absolute atomic E-state index is 11.8. The molecule has 0 spiro atoms. The number of carbonyl (C=O) groups is 1. The largest absolute Gasteiger partial charge is 0.271 e. The molecule has 1 amide bonds. The highest BCUT2D eigenvalue weighted by Crippen LogP contribution is 2.15. The minimum absolute atomic E-state index is 0.127. The average Bonchev–Trinajstić information content (AvgIpc) is 2.95. The zero-order valence-corrected chi connectivity index (χ0v) is 12.1. The van der Waals surface area contributed by atoms with Crippen LogP contribution < -0.4 is 5.43 Å². The standard InChI is InChI=1S/C14H13N3O3S/c1-2-12-6-7-13(21-12)9-15-16-14(18)10-4-3-5-11(8-10)17(19)20/h3-9H,2H2,1H3,(H,16,18). The number of nitro benzene ring substituents is 1. The summed E-state index contributed by atoms with van der Waals surface area (Å²) in [4.78, 5) is 24.1. The topological polar surface area (TPSA) is 84.6 Å². The third kappa shape index (κ3) is 3.96. The molecular weight excluding hydrogens is 290 g/mol. The summed E-state index contributed by atoms with van der Waals surface area (Å²) < 4.78 is 0. The molecule has 1 heterocycles. The Hall–Kier alpha value is -2.54. The quantitative estimate of drug-likeness (QED) is 0.523. The number of aryl methyl sites for hydroxylation is 1. The van der Waals surface area contributed by atoms with E-state index in [2.05, 4.69) is 17.5 Å². The monoisotopic (exact) mass is 303 g/mol. The summed E-state index contributed by atoms with van der Waals surface area (Å²) in [7, 11) is 0. The van der Waals surface area contributed by atoms with Gasteiger partial charge >= 0.3 is 0 Å². The molecule has 1 N–H and O–H groups in total. The second kappa shape index (κ2) is 6.76. The predicted octanol–water partition coefficient (Wildman–Crippen LogP) is 2.98. The van der Waals surface area contributed by atoms with E-state index in [0.29, 0.717) is 0 Å². The van der Waals surface area contributed by atoms with Crippen LogP contribution in [-0.4, -0.2) is 17.0 Å². The third-order valence-corrected chi connectivity index (χ3v) is 3.87. The van der Waals surface area contributed by atoms with E-state index in [1.807, 2.05) is 12.1 Å². The zero-order valence-electron chi connectivity index (χ0n) is 11.3. The highest BCUT2D eigenvalue weighted by atomic mass is 32.1. The van der Waals surface area contributed by atoms with Gasteiger partial charge in [0.15, 0.2) is 0 Å². The smallest absolute Gasteiger partial charge is 0.267 e. The summed E-state index contributed by atoms with van der Waals surface area (Å²) in [5.41, 5.74) is 2.42. The number of hydrogen-bond acceptors (Lipinski definition) is 5. The summed E-state index contributed by atoms with van der Waals surface area (Å²) in [5, 5.41) is 14.5. The third-order valence-electron chi connectivity index (χ3n) is 2.71. The lowest BCUT2D eigenvalue weighted by Crippen LogP contribution is -2.17. The van der Waals surface area contributed by atoms with Gasteiger partial charge in [0.25, 0.3) is 11.6 Å². The summed E-state index contributed by atoms with van der Waals surface area (Å²) in [5.74, 6) is -0.484. The zero-order chi connectivity index (χ0) is 15.2. The van der Waals surface area contributed by atoms with Gasteiger partial charge in [-0.2, -0.15) is 5.10 Å². The number of amides is 1. The van der Waals surface area contributed by atoms with E-state index in [9.17, 15) is 14.9 Å². The van der Waals surface area contributed by atoms with Crippen molar-refractivity contribution in [3.63, 3.8) is 0 Å². The van der Waals surface area contributed by atoms with Crippen LogP contribution in [0.1, 0.15) is 27.0 Å². The van der Waals surface area contributed by atoms with E-state index >= 15 is 0 Å². The fourth-order valence-corrected chi connectivity index (χ4v) is 2.46. The van der Waals surface area contributed by atoms with Crippen LogP contribution in [0.4, 0.5) is 5.69 Å². The molecule has 0 aliphatic heterocycles. The molecule has 0 saturated carbocycles. The number of carbonyl (C=O) groups excluding carboxylic acids is 1. The van der Waals surface area contributed by atoms with E-state index in [4.69, 9.17) is 0 Å². The maximum atomic E-state index is 11.8. The van der Waals surface area contributed by atoms with E-state index in [1.165, 1.54) is 29.1 Å². The van der Waals surface area contributed by atoms with Gasteiger partial charge in [-0.15, -0.1) is 11.3 Å². The molecule has 21 heavy (non-hydrogen) atoms. The Bertz CT molecular complexity index is 694. The van der Waals surface area contributed by atoms with Crippen LogP contribution in [-0.2, 0) is 6.42 Å². The molecule has 2 rings (SSSR count). The molecule has 0 atom stereocenters. The lowest BCUT2D eigenvalue weighted by Gasteiger charge is -1.99. The van der Waals surface area contributed by atoms with E-state index in [-0.39, 0.29) is 11.3 Å². The second-order valence-electron chi connectivity index (χ2n) is 4.16. The first-order chi connectivity index (χ1) is 10.1. The van der Waals surface area contributed by atoms with Crippen molar-refractivity contribution in [3.8, 4) is 0 Å². The Morgan fingerprint density at radius 3 is 2.90 bits per heavy atom. The highest BCUT2D eigenvalue weighted by Gasteiger charge is 2.10. The van der Waals surface area contributed by atoms with Crippen LogP contribution in [0.15, 0.2) is 41.5 Å². The number of hydrazone groups is 1. The van der Waals surface area contributed by atoms with Crippen molar-refractivity contribution in [1.82, 2.24) is 5.43 Å². The van der Waals surface area contributed by atoms with E-state index in [1.54, 1.807) is 17.6 Å². The molecule has 6 nitrogen and oxygen atoms in total. The van der Waals surface area contributed by atoms with Gasteiger partial charge in [-0.3, -0.25) is 14.9 Å². The Morgan fingerprint density at radius 2 is 2.24 bits per heavy atom. The van der Waals surface area contributed by atoms with Crippen molar-refractivity contribution in [2.75, 3.05) is 0 Å². The fraction of sp³-hybridized carbons (Fsp3) is 0.143. The highest BCUT2D eigenvalue weighted by molar-refractivity contribution is 7.13. The summed E-state index contributed by atoms with van der Waals surface area (Å²) in [6.45, 7) is 2.07. The number of thiophene rings is 1. The van der Waals surface area contributed by atoms with Crippen LogP contribution >= 0.6 is 11.3 Å². The molecule has 1 aromatic carbocycles. The van der Waals surface area contributed by atoms with Gasteiger partial charge in [-0.05, 0) is 24.6 Å². The van der Waals surface area contributed by atoms with Gasteiger partial charge in [-0.1, -0.05) is 13.0 Å². The number of non-ortho nitro benzene ring substituents is 1. The van der Waals surface area contributed by atoms with Crippen LogP contribution in [0, 0.1) is 10.1 Å². The minimum Gasteiger partial charge on any atom is -0.267 e. The minimum atomic E-state index is -0.544. The molecular formula is C14H13N3O3S. The first kappa shape index (κ1) is 14.9. The van der Waals surface area contributed by atoms with E-state index in [0.717, 1.165) is 11.3 Å². The Labute approximate surface area is 125 Å². The molecule has 7 heteroatoms. The molecule has 1 aromatic heterocycles. The number of nitrogens with zero attached hydrogens (tertiary/aromatic N) is 2. The number of rotatable bonds is 5. The Morgan fingerprint density at radius 1 is 1.43 bits per heavy atom. The molecule has 0 fully saturated rings. The van der Waals surface area contributed by atoms with Gasteiger partial charge < -0.3 is 0 Å². The van der Waals surface area contributed by atoms with Crippen LogP contribution in [0.3, 0.4) is 0 Å². The van der Waals surface area contributed by atoms with Crippen molar-refractivity contribution >= 4 is 29.1 Å². The Balaban J connectivity index is 2.01. The van der Waals surface area contributed by atoms with Crippen LogP contribution in [0.5, 0.6) is 0 Å². The summed E-state index contributed by atoms with van der Waals surface area (Å²) >= 11 is 1.60. The average molecular weight is 303 g/mol. The molecule has 108 valence electrons. The van der Waals surface area contributed by atoms with Gasteiger partial charge in [-0.25, -0.2) is 5.43 Å². The van der Waals surface area contributed by atoms with Crippen LogP contribution in [0.2, 0.25) is 0 Å². The van der Waals surface area contributed by atoms with Crippen molar-refractivity contribution in [2.24, 2.45) is 5.10 Å². The molecule has 0 radical (unpaired) electrons. The first-order valence-corrected chi connectivity index (χ1v) is 7.08.